The Bertz CT molecular complexity index is 909. The van der Waals surface area contributed by atoms with Crippen molar-refractivity contribution in [3.05, 3.63) is 35.7 Å². The van der Waals surface area contributed by atoms with Crippen molar-refractivity contribution >= 4 is 28.6 Å². The number of anilines is 1. The number of ether oxygens (including phenoxy) is 1. The first-order valence-electron chi connectivity index (χ1n) is 10.3. The van der Waals surface area contributed by atoms with Crippen molar-refractivity contribution in [1.82, 2.24) is 9.97 Å². The minimum atomic E-state index is -0.988. The van der Waals surface area contributed by atoms with Crippen LogP contribution in [0.4, 0.5) is 5.82 Å². The summed E-state index contributed by atoms with van der Waals surface area (Å²) in [6.07, 6.45) is 7.32. The second-order valence-corrected chi connectivity index (χ2v) is 7.89. The lowest BCUT2D eigenvalue weighted by atomic mass is 9.88. The molecule has 1 saturated heterocycles. The summed E-state index contributed by atoms with van der Waals surface area (Å²) in [6.45, 7) is 8.14. The molecule has 0 spiro atoms. The van der Waals surface area contributed by atoms with Gasteiger partial charge < -0.3 is 20.5 Å². The predicted octanol–water partition coefficient (Wildman–Crippen LogP) is 1.38. The van der Waals surface area contributed by atoms with E-state index < -0.39 is 5.60 Å². The number of allylic oxidation sites excluding steroid dienone is 1. The van der Waals surface area contributed by atoms with Crippen LogP contribution in [0.5, 0.6) is 0 Å². The summed E-state index contributed by atoms with van der Waals surface area (Å²) in [6, 6.07) is 4.10. The van der Waals surface area contributed by atoms with Crippen LogP contribution in [-0.4, -0.2) is 47.1 Å². The Kier molecular flexibility index (Phi) is 6.49. The van der Waals surface area contributed by atoms with E-state index in [4.69, 9.17) is 20.9 Å². The molecule has 5 N–H and O–H groups in total. The Labute approximate surface area is 172 Å². The highest BCUT2D eigenvalue weighted by molar-refractivity contribution is 5.94. The third-order valence-corrected chi connectivity index (χ3v) is 5.52. The summed E-state index contributed by atoms with van der Waals surface area (Å²) in [4.78, 5) is 11.6. The highest BCUT2D eigenvalue weighted by Gasteiger charge is 2.29. The Morgan fingerprint density at radius 1 is 1.52 bits per heavy atom. The monoisotopic (exact) mass is 398 g/mol. The van der Waals surface area contributed by atoms with Crippen molar-refractivity contribution in [2.24, 2.45) is 5.73 Å². The Hall–Kier alpha value is -2.51. The first-order valence-corrected chi connectivity index (χ1v) is 10.3. The van der Waals surface area contributed by atoms with Crippen LogP contribution < -0.4 is 16.0 Å². The summed E-state index contributed by atoms with van der Waals surface area (Å²) >= 11 is 0. The molecule has 2 atom stereocenters. The number of nitrogens with zero attached hydrogens (tertiary/aromatic N) is 3. The van der Waals surface area contributed by atoms with Crippen LogP contribution in [0.1, 0.15) is 51.3 Å². The largest absolute Gasteiger partial charge is 0.397 e. The van der Waals surface area contributed by atoms with Crippen LogP contribution in [0.25, 0.3) is 16.6 Å². The molecule has 2 aromatic heterocycles. The van der Waals surface area contributed by atoms with E-state index in [9.17, 15) is 5.11 Å². The predicted molar refractivity (Wildman–Crippen MR) is 116 cm³/mol. The molecule has 29 heavy (non-hydrogen) atoms. The van der Waals surface area contributed by atoms with E-state index in [-0.39, 0.29) is 6.04 Å². The smallest absolute Gasteiger partial charge is 0.162 e. The second kappa shape index (κ2) is 8.88. The van der Waals surface area contributed by atoms with Gasteiger partial charge >= 0.3 is 0 Å². The van der Waals surface area contributed by atoms with Gasteiger partial charge in [0.25, 0.3) is 0 Å². The van der Waals surface area contributed by atoms with Gasteiger partial charge in [-0.05, 0) is 38.0 Å². The van der Waals surface area contributed by atoms with Gasteiger partial charge in [-0.1, -0.05) is 19.8 Å². The Morgan fingerprint density at radius 2 is 2.31 bits per heavy atom. The summed E-state index contributed by atoms with van der Waals surface area (Å²) < 4.78 is 5.59. The fourth-order valence-corrected chi connectivity index (χ4v) is 3.85. The second-order valence-electron chi connectivity index (χ2n) is 7.89. The van der Waals surface area contributed by atoms with Gasteiger partial charge in [0.2, 0.25) is 0 Å². The molecule has 2 unspecified atom stereocenters. The van der Waals surface area contributed by atoms with Crippen LogP contribution in [0.15, 0.2) is 24.4 Å². The zero-order valence-corrected chi connectivity index (χ0v) is 17.6. The molecule has 0 aliphatic carbocycles. The molecule has 0 radical (unpaired) electrons. The molecule has 0 saturated carbocycles. The van der Waals surface area contributed by atoms with E-state index in [0.717, 1.165) is 36.2 Å². The van der Waals surface area contributed by atoms with Gasteiger partial charge in [-0.3, -0.25) is 10.4 Å². The number of hydrogen-bond acceptors (Lipinski definition) is 6. The molecule has 3 rings (SSSR count). The summed E-state index contributed by atoms with van der Waals surface area (Å²) in [5.41, 5.74) is 7.76. The van der Waals surface area contributed by atoms with E-state index in [2.05, 4.69) is 23.7 Å². The molecule has 0 aromatic carbocycles. The molecular formula is C22H32N5O2+. The molecule has 1 fully saturated rings. The molecule has 1 aliphatic heterocycles. The minimum Gasteiger partial charge on any atom is -0.397 e. The quantitative estimate of drug-likeness (QED) is 0.608. The van der Waals surface area contributed by atoms with Gasteiger partial charge in [-0.15, -0.1) is 0 Å². The zero-order valence-electron chi connectivity index (χ0n) is 17.6. The molecule has 2 aromatic rings. The molecule has 7 heteroatoms. The van der Waals surface area contributed by atoms with E-state index in [1.54, 1.807) is 12.3 Å². The number of aromatic nitrogens is 2. The lowest BCUT2D eigenvalue weighted by molar-refractivity contribution is -0.104. The average Bonchev–Trinajstić information content (AvgIpc) is 2.71. The summed E-state index contributed by atoms with van der Waals surface area (Å²) in [5.74, 6) is 0.804. The van der Waals surface area contributed by atoms with Gasteiger partial charge in [0.05, 0.1) is 30.6 Å². The van der Waals surface area contributed by atoms with E-state index >= 15 is 0 Å². The van der Waals surface area contributed by atoms with Gasteiger partial charge in [-0.2, -0.15) is 0 Å². The van der Waals surface area contributed by atoms with E-state index in [1.807, 2.05) is 19.1 Å². The molecule has 0 bridgehead atoms. The van der Waals surface area contributed by atoms with Crippen molar-refractivity contribution in [3.63, 3.8) is 0 Å². The van der Waals surface area contributed by atoms with Gasteiger partial charge in [-0.25, -0.2) is 4.98 Å². The van der Waals surface area contributed by atoms with Crippen LogP contribution in [0.2, 0.25) is 0 Å². The van der Waals surface area contributed by atoms with Crippen LogP contribution in [0.3, 0.4) is 0 Å². The van der Waals surface area contributed by atoms with Gasteiger partial charge in [0.15, 0.2) is 6.21 Å². The van der Waals surface area contributed by atoms with E-state index in [0.29, 0.717) is 36.5 Å². The maximum Gasteiger partial charge on any atom is 0.162 e. The molecule has 3 heterocycles. The number of hydrogen-bond donors (Lipinski definition) is 3. The van der Waals surface area contributed by atoms with E-state index in [1.165, 1.54) is 6.21 Å². The first-order chi connectivity index (χ1) is 13.9. The number of unbranched alkanes of at least 4 members (excludes halogenated alkanes) is 1. The van der Waals surface area contributed by atoms with Crippen molar-refractivity contribution in [2.45, 2.75) is 51.7 Å². The van der Waals surface area contributed by atoms with Crippen molar-refractivity contribution in [1.29, 1.82) is 0 Å². The Balaban J connectivity index is 2.25. The number of fused-ring (bicyclic) bond motifs is 1. The number of morpholine rings is 1. The number of rotatable bonds is 7. The average molecular weight is 399 g/mol. The Morgan fingerprint density at radius 3 is 3.00 bits per heavy atom. The molecule has 156 valence electrons. The van der Waals surface area contributed by atoms with Crippen molar-refractivity contribution in [2.75, 3.05) is 24.7 Å². The van der Waals surface area contributed by atoms with Crippen LogP contribution in [-0.2, 0) is 10.3 Å². The lowest BCUT2D eigenvalue weighted by Crippen LogP contribution is -2.44. The molecule has 1 aliphatic rings. The SMILES string of the molecule is CCCCC(C)(O)c1cc(N2CCOCC2C)nc2c(C(N)=CC=[NH2+])nccc12. The number of pyridine rings is 2. The third kappa shape index (κ3) is 4.41. The van der Waals surface area contributed by atoms with Gasteiger partial charge in [0.1, 0.15) is 17.0 Å². The number of nitrogens with two attached hydrogens (primary N) is 2. The van der Waals surface area contributed by atoms with Crippen LogP contribution in [0, 0.1) is 0 Å². The third-order valence-electron chi connectivity index (χ3n) is 5.52. The summed E-state index contributed by atoms with van der Waals surface area (Å²) in [5, 5.41) is 17.8. The minimum absolute atomic E-state index is 0.188. The fourth-order valence-electron chi connectivity index (χ4n) is 3.85. The first kappa shape index (κ1) is 21.2. The van der Waals surface area contributed by atoms with Gasteiger partial charge in [0, 0.05) is 24.2 Å². The van der Waals surface area contributed by atoms with Crippen molar-refractivity contribution in [3.8, 4) is 0 Å². The maximum absolute atomic E-state index is 11.4. The molecule has 0 amide bonds. The van der Waals surface area contributed by atoms with Crippen molar-refractivity contribution < 1.29 is 15.3 Å². The fraction of sp³-hybridized carbons (Fsp3) is 0.500. The van der Waals surface area contributed by atoms with Crippen LogP contribution >= 0.6 is 0 Å². The zero-order chi connectivity index (χ0) is 21.0. The highest BCUT2D eigenvalue weighted by Crippen LogP contribution is 2.36. The molecular weight excluding hydrogens is 366 g/mol. The normalized spacial score (nSPS) is 19.9. The maximum atomic E-state index is 11.4. The number of aliphatic hydroxyl groups is 1. The lowest BCUT2D eigenvalue weighted by Gasteiger charge is -2.35. The standard InChI is InChI=1S/C22H31N5O2/c1-4-5-8-22(3,28)17-13-19(27-11-12-29-14-15(27)2)26-20-16(17)7-10-25-21(20)18(24)6-9-23/h6-7,9-10,13,15,23,28H,4-5,8,11-12,14,24H2,1-3H3/p+1. The molecule has 7 nitrogen and oxygen atoms in total. The topological polar surface area (TPSA) is 110 Å². The summed E-state index contributed by atoms with van der Waals surface area (Å²) in [7, 11) is 0. The highest BCUT2D eigenvalue weighted by atomic mass is 16.5.